The third-order valence-corrected chi connectivity index (χ3v) is 2.39. The molecule has 104 valence electrons. The Morgan fingerprint density at radius 3 is 2.17 bits per heavy atom. The maximum absolute atomic E-state index is 11.5. The first-order valence-electron chi connectivity index (χ1n) is 5.79. The molecule has 2 atom stereocenters. The van der Waals surface area contributed by atoms with Crippen LogP contribution in [0.4, 0.5) is 4.79 Å². The molecule has 0 radical (unpaired) electrons. The summed E-state index contributed by atoms with van der Waals surface area (Å²) in [7, 11) is 0. The minimum absolute atomic E-state index is 0.0241. The highest BCUT2D eigenvalue weighted by molar-refractivity contribution is 5.86. The molecule has 0 spiro atoms. The van der Waals surface area contributed by atoms with Gasteiger partial charge in [-0.1, -0.05) is 20.8 Å². The number of nitrogens with two attached hydrogens (primary N) is 1. The average Bonchev–Trinajstić information content (AvgIpc) is 2.21. The van der Waals surface area contributed by atoms with Crippen molar-refractivity contribution < 1.29 is 19.5 Å². The van der Waals surface area contributed by atoms with Crippen LogP contribution in [0.15, 0.2) is 0 Å². The number of hydrogen-bond donors (Lipinski definition) is 4. The van der Waals surface area contributed by atoms with E-state index in [2.05, 4.69) is 10.6 Å². The van der Waals surface area contributed by atoms with Crippen molar-refractivity contribution in [1.29, 1.82) is 0 Å². The zero-order valence-corrected chi connectivity index (χ0v) is 10.9. The van der Waals surface area contributed by atoms with E-state index in [1.165, 1.54) is 0 Å². The lowest BCUT2D eigenvalue weighted by atomic mass is 10.0. The molecule has 0 heterocycles. The van der Waals surface area contributed by atoms with E-state index in [1.54, 1.807) is 20.8 Å². The Labute approximate surface area is 106 Å². The van der Waals surface area contributed by atoms with E-state index in [9.17, 15) is 14.4 Å². The molecule has 0 bridgehead atoms. The SMILES string of the molecule is CC(CNC(=O)NC(C(N)=O)C(C)C)CC(=O)O. The normalized spacial score (nSPS) is 13.8. The number of hydrogen-bond acceptors (Lipinski definition) is 3. The lowest BCUT2D eigenvalue weighted by molar-refractivity contribution is -0.137. The zero-order chi connectivity index (χ0) is 14.3. The van der Waals surface area contributed by atoms with Crippen LogP contribution in [0.1, 0.15) is 27.2 Å². The van der Waals surface area contributed by atoms with Gasteiger partial charge in [-0.15, -0.1) is 0 Å². The zero-order valence-electron chi connectivity index (χ0n) is 10.9. The number of carbonyl (C=O) groups excluding carboxylic acids is 2. The van der Waals surface area contributed by atoms with Crippen molar-refractivity contribution in [2.24, 2.45) is 17.6 Å². The van der Waals surface area contributed by atoms with Gasteiger partial charge in [0, 0.05) is 13.0 Å². The summed E-state index contributed by atoms with van der Waals surface area (Å²) >= 11 is 0. The second-order valence-electron chi connectivity index (χ2n) is 4.68. The summed E-state index contributed by atoms with van der Waals surface area (Å²) < 4.78 is 0. The fourth-order valence-corrected chi connectivity index (χ4v) is 1.40. The number of carboxylic acids is 1. The van der Waals surface area contributed by atoms with Gasteiger partial charge in [0.05, 0.1) is 0 Å². The standard InChI is InChI=1S/C11H21N3O4/c1-6(2)9(10(12)17)14-11(18)13-5-7(3)4-8(15)16/h6-7,9H,4-5H2,1-3H3,(H2,12,17)(H,15,16)(H2,13,14,18). The topological polar surface area (TPSA) is 122 Å². The van der Waals surface area contributed by atoms with E-state index in [0.717, 1.165) is 0 Å². The van der Waals surface area contributed by atoms with Gasteiger partial charge in [0.25, 0.3) is 0 Å². The molecule has 0 rings (SSSR count). The Morgan fingerprint density at radius 1 is 1.22 bits per heavy atom. The number of primary amides is 1. The second kappa shape index (κ2) is 7.52. The number of carbonyl (C=O) groups is 3. The lowest BCUT2D eigenvalue weighted by Crippen LogP contribution is -2.51. The van der Waals surface area contributed by atoms with Crippen LogP contribution in [-0.4, -0.2) is 35.6 Å². The summed E-state index contributed by atoms with van der Waals surface area (Å²) in [5.41, 5.74) is 5.15. The molecular weight excluding hydrogens is 238 g/mol. The summed E-state index contributed by atoms with van der Waals surface area (Å²) in [5, 5.41) is 13.5. The van der Waals surface area contributed by atoms with E-state index in [-0.39, 0.29) is 24.8 Å². The Bertz CT molecular complexity index is 317. The van der Waals surface area contributed by atoms with Crippen LogP contribution in [0.5, 0.6) is 0 Å². The minimum Gasteiger partial charge on any atom is -0.481 e. The van der Waals surface area contributed by atoms with Crippen molar-refractivity contribution in [1.82, 2.24) is 10.6 Å². The third-order valence-electron chi connectivity index (χ3n) is 2.39. The molecule has 0 aromatic carbocycles. The number of carboxylic acid groups (broad SMARTS) is 1. The van der Waals surface area contributed by atoms with E-state index < -0.39 is 23.9 Å². The summed E-state index contributed by atoms with van der Waals surface area (Å²) in [6.07, 6.45) is -0.0241. The van der Waals surface area contributed by atoms with Gasteiger partial charge in [-0.2, -0.15) is 0 Å². The van der Waals surface area contributed by atoms with Gasteiger partial charge in [0.2, 0.25) is 5.91 Å². The van der Waals surface area contributed by atoms with Crippen LogP contribution in [-0.2, 0) is 9.59 Å². The van der Waals surface area contributed by atoms with Gasteiger partial charge < -0.3 is 21.5 Å². The van der Waals surface area contributed by atoms with Crippen LogP contribution in [0, 0.1) is 11.8 Å². The first-order valence-corrected chi connectivity index (χ1v) is 5.79. The quantitative estimate of drug-likeness (QED) is 0.510. The predicted octanol–water partition coefficient (Wildman–Crippen LogP) is -0.0937. The highest BCUT2D eigenvalue weighted by atomic mass is 16.4. The Morgan fingerprint density at radius 2 is 1.78 bits per heavy atom. The van der Waals surface area contributed by atoms with Crippen LogP contribution >= 0.6 is 0 Å². The van der Waals surface area contributed by atoms with Crippen molar-refractivity contribution in [3.63, 3.8) is 0 Å². The van der Waals surface area contributed by atoms with E-state index in [1.807, 2.05) is 0 Å². The molecule has 0 aromatic heterocycles. The van der Waals surface area contributed by atoms with Crippen molar-refractivity contribution in [3.05, 3.63) is 0 Å². The molecule has 7 nitrogen and oxygen atoms in total. The molecule has 0 fully saturated rings. The number of nitrogens with one attached hydrogen (secondary N) is 2. The summed E-state index contributed by atoms with van der Waals surface area (Å²) in [5.74, 6) is -1.80. The Hall–Kier alpha value is -1.79. The lowest BCUT2D eigenvalue weighted by Gasteiger charge is -2.19. The molecular formula is C11H21N3O4. The predicted molar refractivity (Wildman–Crippen MR) is 65.8 cm³/mol. The first-order chi connectivity index (χ1) is 8.23. The van der Waals surface area contributed by atoms with Crippen molar-refractivity contribution in [2.45, 2.75) is 33.2 Å². The molecule has 18 heavy (non-hydrogen) atoms. The molecule has 0 aliphatic heterocycles. The summed E-state index contributed by atoms with van der Waals surface area (Å²) in [6, 6.07) is -1.26. The van der Waals surface area contributed by atoms with Gasteiger partial charge in [0.1, 0.15) is 6.04 Å². The largest absolute Gasteiger partial charge is 0.481 e. The summed E-state index contributed by atoms with van der Waals surface area (Å²) in [6.45, 7) is 5.47. The number of urea groups is 1. The third kappa shape index (κ3) is 6.72. The summed E-state index contributed by atoms with van der Waals surface area (Å²) in [4.78, 5) is 33.0. The molecule has 0 aliphatic rings. The molecule has 0 saturated carbocycles. The average molecular weight is 259 g/mol. The number of amides is 3. The molecule has 2 unspecified atom stereocenters. The van der Waals surface area contributed by atoms with Crippen LogP contribution in [0.2, 0.25) is 0 Å². The smallest absolute Gasteiger partial charge is 0.315 e. The second-order valence-corrected chi connectivity index (χ2v) is 4.68. The van der Waals surface area contributed by atoms with E-state index in [4.69, 9.17) is 10.8 Å². The molecule has 5 N–H and O–H groups in total. The monoisotopic (exact) mass is 259 g/mol. The van der Waals surface area contributed by atoms with Crippen LogP contribution in [0.3, 0.4) is 0 Å². The van der Waals surface area contributed by atoms with Crippen LogP contribution < -0.4 is 16.4 Å². The van der Waals surface area contributed by atoms with Gasteiger partial charge in [0.15, 0.2) is 0 Å². The van der Waals surface area contributed by atoms with Gasteiger partial charge in [-0.05, 0) is 11.8 Å². The van der Waals surface area contributed by atoms with Crippen molar-refractivity contribution in [3.8, 4) is 0 Å². The highest BCUT2D eigenvalue weighted by Gasteiger charge is 2.21. The van der Waals surface area contributed by atoms with Gasteiger partial charge >= 0.3 is 12.0 Å². The molecule has 0 aromatic rings. The van der Waals surface area contributed by atoms with E-state index in [0.29, 0.717) is 0 Å². The van der Waals surface area contributed by atoms with Crippen LogP contribution in [0.25, 0.3) is 0 Å². The Kier molecular flexibility index (Phi) is 6.77. The minimum atomic E-state index is -0.915. The Balaban J connectivity index is 4.10. The molecule has 7 heteroatoms. The fourth-order valence-electron chi connectivity index (χ4n) is 1.40. The molecule has 0 aliphatic carbocycles. The van der Waals surface area contributed by atoms with Crippen molar-refractivity contribution in [2.75, 3.05) is 6.54 Å². The number of aliphatic carboxylic acids is 1. The van der Waals surface area contributed by atoms with E-state index >= 15 is 0 Å². The first kappa shape index (κ1) is 16.2. The van der Waals surface area contributed by atoms with Crippen molar-refractivity contribution >= 4 is 17.9 Å². The maximum Gasteiger partial charge on any atom is 0.315 e. The number of rotatable bonds is 7. The molecule has 3 amide bonds. The molecule has 0 saturated heterocycles. The van der Waals surface area contributed by atoms with Gasteiger partial charge in [-0.25, -0.2) is 4.79 Å². The fraction of sp³-hybridized carbons (Fsp3) is 0.727. The maximum atomic E-state index is 11.5. The highest BCUT2D eigenvalue weighted by Crippen LogP contribution is 2.01. The van der Waals surface area contributed by atoms with Gasteiger partial charge in [-0.3, -0.25) is 9.59 Å².